The smallest absolute Gasteiger partial charge is 0.181 e. The molecule has 5 rings (SSSR count). The van der Waals surface area contributed by atoms with Gasteiger partial charge >= 0.3 is 0 Å². The van der Waals surface area contributed by atoms with Crippen molar-refractivity contribution in [2.45, 2.75) is 25.5 Å². The van der Waals surface area contributed by atoms with Crippen molar-refractivity contribution >= 4 is 90.7 Å². The van der Waals surface area contributed by atoms with Gasteiger partial charge in [-0.3, -0.25) is 5.10 Å². The number of ether oxygens (including phenoxy) is 1. The molecule has 146 valence electrons. The van der Waals surface area contributed by atoms with E-state index in [0.29, 0.717) is 21.6 Å². The standard InChI is InChI=1S/C10H10ClIN4O.C5H2ClIN4/c11-6-5-13-8-9(12)15-16(10(8)14-6)7-3-1-2-4-17-7;6-2-1-8-3-4(7)10-11-5(3)9-2/h5,7H,1-4H2;1H,(H,9,10,11). The number of hydrogen-bond donors (Lipinski definition) is 1. The summed E-state index contributed by atoms with van der Waals surface area (Å²) in [5, 5.41) is 11.8. The van der Waals surface area contributed by atoms with Crippen molar-refractivity contribution in [3.8, 4) is 0 Å². The van der Waals surface area contributed by atoms with Crippen LogP contribution in [0.3, 0.4) is 0 Å². The Morgan fingerprint density at radius 2 is 1.79 bits per heavy atom. The molecule has 1 atom stereocenters. The van der Waals surface area contributed by atoms with Crippen LogP contribution in [0, 0.1) is 7.40 Å². The molecule has 0 radical (unpaired) electrons. The van der Waals surface area contributed by atoms with E-state index in [0.717, 1.165) is 44.3 Å². The second-order valence-electron chi connectivity index (χ2n) is 5.83. The minimum absolute atomic E-state index is 0.0393. The van der Waals surface area contributed by atoms with Gasteiger partial charge in [-0.2, -0.15) is 10.2 Å². The molecule has 1 fully saturated rings. The van der Waals surface area contributed by atoms with Gasteiger partial charge in [0.2, 0.25) is 0 Å². The fourth-order valence-corrected chi connectivity index (χ4v) is 4.11. The number of rotatable bonds is 1. The first kappa shape index (κ1) is 20.4. The summed E-state index contributed by atoms with van der Waals surface area (Å²) in [6, 6.07) is 0. The second kappa shape index (κ2) is 8.85. The zero-order valence-corrected chi connectivity index (χ0v) is 19.9. The summed E-state index contributed by atoms with van der Waals surface area (Å²) in [6.07, 6.45) is 6.22. The van der Waals surface area contributed by atoms with Crippen LogP contribution in [0.5, 0.6) is 0 Å². The lowest BCUT2D eigenvalue weighted by molar-refractivity contribution is -0.0372. The van der Waals surface area contributed by atoms with Gasteiger partial charge in [0.15, 0.2) is 24.9 Å². The molecule has 28 heavy (non-hydrogen) atoms. The van der Waals surface area contributed by atoms with Gasteiger partial charge in [-0.1, -0.05) is 23.2 Å². The molecule has 4 aromatic rings. The molecule has 1 saturated heterocycles. The lowest BCUT2D eigenvalue weighted by atomic mass is 10.2. The van der Waals surface area contributed by atoms with Gasteiger partial charge in [-0.05, 0) is 64.4 Å². The Morgan fingerprint density at radius 3 is 2.54 bits per heavy atom. The van der Waals surface area contributed by atoms with Crippen LogP contribution in [0.25, 0.3) is 22.3 Å². The Hall–Kier alpha value is -0.900. The second-order valence-corrected chi connectivity index (χ2v) is 8.64. The third-order valence-electron chi connectivity index (χ3n) is 3.96. The van der Waals surface area contributed by atoms with Crippen LogP contribution in [-0.4, -0.2) is 46.5 Å². The fourth-order valence-electron chi connectivity index (χ4n) is 2.72. The Kier molecular flexibility index (Phi) is 6.44. The highest BCUT2D eigenvalue weighted by molar-refractivity contribution is 14.1. The van der Waals surface area contributed by atoms with Crippen molar-refractivity contribution in [1.82, 2.24) is 39.9 Å². The monoisotopic (exact) mass is 644 g/mol. The molecule has 1 aliphatic rings. The van der Waals surface area contributed by atoms with Gasteiger partial charge in [0.1, 0.15) is 21.3 Å². The number of nitrogens with one attached hydrogen (secondary N) is 1. The van der Waals surface area contributed by atoms with E-state index < -0.39 is 0 Å². The number of fused-ring (bicyclic) bond motifs is 2. The van der Waals surface area contributed by atoms with Crippen LogP contribution >= 0.6 is 68.4 Å². The maximum atomic E-state index is 5.88. The van der Waals surface area contributed by atoms with E-state index in [1.807, 2.05) is 0 Å². The van der Waals surface area contributed by atoms with Crippen molar-refractivity contribution in [2.24, 2.45) is 0 Å². The topological polar surface area (TPSA) is 107 Å². The highest BCUT2D eigenvalue weighted by atomic mass is 127. The molecular formula is C15H12Cl2I2N8O. The number of aromatic nitrogens is 8. The molecule has 1 N–H and O–H groups in total. The number of halogens is 4. The van der Waals surface area contributed by atoms with Crippen LogP contribution < -0.4 is 0 Å². The molecule has 4 aromatic heterocycles. The van der Waals surface area contributed by atoms with Crippen LogP contribution in [0.1, 0.15) is 25.5 Å². The molecule has 0 bridgehead atoms. The van der Waals surface area contributed by atoms with Crippen LogP contribution in [0.4, 0.5) is 0 Å². The maximum absolute atomic E-state index is 5.88. The molecule has 5 heterocycles. The Bertz CT molecular complexity index is 1130. The summed E-state index contributed by atoms with van der Waals surface area (Å²) in [5.74, 6) is 0. The normalized spacial score (nSPS) is 16.9. The molecule has 1 unspecified atom stereocenters. The van der Waals surface area contributed by atoms with Gasteiger partial charge in [0, 0.05) is 6.61 Å². The van der Waals surface area contributed by atoms with Gasteiger partial charge in [-0.25, -0.2) is 24.6 Å². The molecule has 13 heteroatoms. The number of aromatic amines is 1. The average molecular weight is 645 g/mol. The van der Waals surface area contributed by atoms with Gasteiger partial charge in [-0.15, -0.1) is 0 Å². The van der Waals surface area contributed by atoms with Crippen molar-refractivity contribution in [3.05, 3.63) is 30.1 Å². The zero-order valence-electron chi connectivity index (χ0n) is 14.1. The fraction of sp³-hybridized carbons (Fsp3) is 0.333. The molecule has 9 nitrogen and oxygen atoms in total. The van der Waals surface area contributed by atoms with Crippen molar-refractivity contribution in [1.29, 1.82) is 0 Å². The van der Waals surface area contributed by atoms with Crippen LogP contribution in [0.15, 0.2) is 12.4 Å². The van der Waals surface area contributed by atoms with E-state index in [-0.39, 0.29) is 6.23 Å². The molecule has 0 saturated carbocycles. The lowest BCUT2D eigenvalue weighted by Gasteiger charge is -2.22. The molecule has 0 aromatic carbocycles. The average Bonchev–Trinajstić information content (AvgIpc) is 3.22. The van der Waals surface area contributed by atoms with Gasteiger partial charge < -0.3 is 4.74 Å². The van der Waals surface area contributed by atoms with Crippen molar-refractivity contribution in [2.75, 3.05) is 6.61 Å². The minimum Gasteiger partial charge on any atom is -0.356 e. The number of hydrogen-bond acceptors (Lipinski definition) is 7. The minimum atomic E-state index is -0.0393. The van der Waals surface area contributed by atoms with Crippen LogP contribution in [-0.2, 0) is 4.74 Å². The van der Waals surface area contributed by atoms with Gasteiger partial charge in [0.05, 0.1) is 12.4 Å². The highest BCUT2D eigenvalue weighted by Gasteiger charge is 2.21. The van der Waals surface area contributed by atoms with Gasteiger partial charge in [0.25, 0.3) is 0 Å². The summed E-state index contributed by atoms with van der Waals surface area (Å²) < 4.78 is 9.15. The first-order valence-electron chi connectivity index (χ1n) is 8.23. The summed E-state index contributed by atoms with van der Waals surface area (Å²) in [7, 11) is 0. The van der Waals surface area contributed by atoms with E-state index in [9.17, 15) is 0 Å². The Balaban J connectivity index is 0.000000151. The molecule has 0 aliphatic carbocycles. The molecule has 1 aliphatic heterocycles. The van der Waals surface area contributed by atoms with E-state index in [1.54, 1.807) is 10.9 Å². The quantitative estimate of drug-likeness (QED) is 0.306. The lowest BCUT2D eigenvalue weighted by Crippen LogP contribution is -2.19. The van der Waals surface area contributed by atoms with E-state index in [2.05, 4.69) is 80.4 Å². The highest BCUT2D eigenvalue weighted by Crippen LogP contribution is 2.27. The molecule has 0 spiro atoms. The van der Waals surface area contributed by atoms with Crippen molar-refractivity contribution < 1.29 is 4.74 Å². The number of nitrogens with zero attached hydrogens (tertiary/aromatic N) is 7. The maximum Gasteiger partial charge on any atom is 0.181 e. The first-order valence-corrected chi connectivity index (χ1v) is 11.1. The molecular weight excluding hydrogens is 633 g/mol. The summed E-state index contributed by atoms with van der Waals surface area (Å²) in [4.78, 5) is 16.6. The first-order chi connectivity index (χ1) is 13.5. The summed E-state index contributed by atoms with van der Waals surface area (Å²) in [5.41, 5.74) is 2.87. The van der Waals surface area contributed by atoms with E-state index in [1.165, 1.54) is 6.20 Å². The van der Waals surface area contributed by atoms with E-state index >= 15 is 0 Å². The summed E-state index contributed by atoms with van der Waals surface area (Å²) >= 11 is 15.7. The van der Waals surface area contributed by atoms with Crippen molar-refractivity contribution in [3.63, 3.8) is 0 Å². The third-order valence-corrected chi connectivity index (χ3v) is 5.80. The summed E-state index contributed by atoms with van der Waals surface area (Å²) in [6.45, 7) is 0.774. The SMILES string of the molecule is Clc1cnc2c(I)n[nH]c2n1.Clc1cnc2c(I)nn(C3CCCCO3)c2n1. The predicted molar refractivity (Wildman–Crippen MR) is 121 cm³/mol. The third kappa shape index (κ3) is 4.32. The number of H-pyrrole nitrogens is 1. The zero-order chi connectivity index (χ0) is 19.7. The Labute approximate surface area is 196 Å². The molecule has 0 amide bonds. The van der Waals surface area contributed by atoms with Crippen LogP contribution in [0.2, 0.25) is 10.3 Å². The largest absolute Gasteiger partial charge is 0.356 e. The Morgan fingerprint density at radius 1 is 1.04 bits per heavy atom. The predicted octanol–water partition coefficient (Wildman–Crippen LogP) is 4.39. The van der Waals surface area contributed by atoms with E-state index in [4.69, 9.17) is 27.9 Å².